The Morgan fingerprint density at radius 3 is 2.90 bits per heavy atom. The average molecular weight is 159 g/mol. The SMILES string of the molecule is C#CCNCCCS(C)=O. The zero-order chi connectivity index (χ0) is 7.82. The van der Waals surface area contributed by atoms with Gasteiger partial charge in [-0.3, -0.25) is 4.21 Å². The third-order valence-electron chi connectivity index (χ3n) is 1.01. The van der Waals surface area contributed by atoms with Gasteiger partial charge in [0.15, 0.2) is 0 Å². The summed E-state index contributed by atoms with van der Waals surface area (Å²) in [5.41, 5.74) is 0. The summed E-state index contributed by atoms with van der Waals surface area (Å²) in [5, 5.41) is 3.02. The van der Waals surface area contributed by atoms with Crippen molar-refractivity contribution in [3.8, 4) is 12.3 Å². The summed E-state index contributed by atoms with van der Waals surface area (Å²) in [7, 11) is -0.663. The molecule has 0 saturated heterocycles. The molecule has 0 aliphatic rings. The molecule has 0 spiro atoms. The van der Waals surface area contributed by atoms with Crippen molar-refractivity contribution in [3.05, 3.63) is 0 Å². The Morgan fingerprint density at radius 2 is 2.40 bits per heavy atom. The van der Waals surface area contributed by atoms with Gasteiger partial charge in [0.05, 0.1) is 6.54 Å². The van der Waals surface area contributed by atoms with Gasteiger partial charge >= 0.3 is 0 Å². The summed E-state index contributed by atoms with van der Waals surface area (Å²) in [6.45, 7) is 1.47. The van der Waals surface area contributed by atoms with E-state index in [1.807, 2.05) is 0 Å². The number of nitrogens with one attached hydrogen (secondary N) is 1. The Kier molecular flexibility index (Phi) is 6.56. The molecule has 0 aliphatic carbocycles. The molecule has 0 fully saturated rings. The van der Waals surface area contributed by atoms with Crippen LogP contribution in [0, 0.1) is 12.3 Å². The molecule has 2 nitrogen and oxygen atoms in total. The van der Waals surface area contributed by atoms with Crippen LogP contribution < -0.4 is 5.32 Å². The number of hydrogen-bond acceptors (Lipinski definition) is 2. The van der Waals surface area contributed by atoms with Crippen LogP contribution in [0.15, 0.2) is 0 Å². The molecule has 0 amide bonds. The molecule has 3 heteroatoms. The van der Waals surface area contributed by atoms with Crippen LogP contribution in [0.5, 0.6) is 0 Å². The first-order valence-corrected chi connectivity index (χ1v) is 4.94. The minimum Gasteiger partial charge on any atom is -0.306 e. The lowest BCUT2D eigenvalue weighted by molar-refractivity contribution is 0.678. The lowest BCUT2D eigenvalue weighted by atomic mass is 10.5. The molecule has 0 aromatic carbocycles. The van der Waals surface area contributed by atoms with E-state index in [-0.39, 0.29) is 0 Å². The summed E-state index contributed by atoms with van der Waals surface area (Å²) >= 11 is 0. The quantitative estimate of drug-likeness (QED) is 0.451. The van der Waals surface area contributed by atoms with Crippen molar-refractivity contribution in [1.82, 2.24) is 5.32 Å². The van der Waals surface area contributed by atoms with Gasteiger partial charge in [0, 0.05) is 22.8 Å². The molecule has 0 bridgehead atoms. The van der Waals surface area contributed by atoms with Crippen LogP contribution in [0.25, 0.3) is 0 Å². The van der Waals surface area contributed by atoms with Crippen molar-refractivity contribution < 1.29 is 4.21 Å². The van der Waals surface area contributed by atoms with Crippen molar-refractivity contribution in [2.24, 2.45) is 0 Å². The molecule has 0 rings (SSSR count). The van der Waals surface area contributed by atoms with E-state index >= 15 is 0 Å². The summed E-state index contributed by atoms with van der Waals surface area (Å²) in [4.78, 5) is 0. The predicted octanol–water partition coefficient (Wildman–Crippen LogP) is -0.0222. The highest BCUT2D eigenvalue weighted by molar-refractivity contribution is 7.84. The highest BCUT2D eigenvalue weighted by Crippen LogP contribution is 1.80. The molecule has 1 unspecified atom stereocenters. The predicted molar refractivity (Wildman–Crippen MR) is 45.3 cm³/mol. The smallest absolute Gasteiger partial charge is 0.0573 e. The van der Waals surface area contributed by atoms with Gasteiger partial charge in [-0.25, -0.2) is 0 Å². The van der Waals surface area contributed by atoms with E-state index in [1.54, 1.807) is 6.26 Å². The van der Waals surface area contributed by atoms with Gasteiger partial charge in [-0.05, 0) is 13.0 Å². The highest BCUT2D eigenvalue weighted by Gasteiger charge is 1.89. The van der Waals surface area contributed by atoms with Crippen molar-refractivity contribution in [1.29, 1.82) is 0 Å². The minimum absolute atomic E-state index is 0.607. The van der Waals surface area contributed by atoms with E-state index in [1.165, 1.54) is 0 Å². The fraction of sp³-hybridized carbons (Fsp3) is 0.714. The van der Waals surface area contributed by atoms with Crippen molar-refractivity contribution in [2.75, 3.05) is 25.1 Å². The molecule has 1 N–H and O–H groups in total. The first kappa shape index (κ1) is 9.67. The second-order valence-electron chi connectivity index (χ2n) is 2.01. The van der Waals surface area contributed by atoms with Crippen LogP contribution in [0.4, 0.5) is 0 Å². The van der Waals surface area contributed by atoms with E-state index in [0.717, 1.165) is 18.7 Å². The Labute approximate surface area is 64.9 Å². The van der Waals surface area contributed by atoms with Crippen LogP contribution in [0.1, 0.15) is 6.42 Å². The fourth-order valence-corrected chi connectivity index (χ4v) is 1.11. The summed E-state index contributed by atoms with van der Waals surface area (Å²) < 4.78 is 10.5. The maximum absolute atomic E-state index is 10.5. The van der Waals surface area contributed by atoms with Gasteiger partial charge in [0.1, 0.15) is 0 Å². The van der Waals surface area contributed by atoms with E-state index in [2.05, 4.69) is 11.2 Å². The van der Waals surface area contributed by atoms with E-state index in [0.29, 0.717) is 6.54 Å². The molecular formula is C7H13NOS. The molecule has 10 heavy (non-hydrogen) atoms. The highest BCUT2D eigenvalue weighted by atomic mass is 32.2. The number of hydrogen-bond donors (Lipinski definition) is 1. The standard InChI is InChI=1S/C7H13NOS/c1-3-5-8-6-4-7-10(2)9/h1,8H,4-7H2,2H3. The lowest BCUT2D eigenvalue weighted by Crippen LogP contribution is -2.16. The summed E-state index contributed by atoms with van der Waals surface area (Å²) in [5.74, 6) is 3.23. The van der Waals surface area contributed by atoms with Gasteiger partial charge in [-0.15, -0.1) is 6.42 Å². The van der Waals surface area contributed by atoms with E-state index < -0.39 is 10.8 Å². The van der Waals surface area contributed by atoms with Crippen molar-refractivity contribution >= 4 is 10.8 Å². The second kappa shape index (κ2) is 6.79. The monoisotopic (exact) mass is 159 g/mol. The Hall–Kier alpha value is -0.330. The maximum Gasteiger partial charge on any atom is 0.0573 e. The first-order chi connectivity index (χ1) is 4.77. The molecule has 0 aromatic heterocycles. The van der Waals surface area contributed by atoms with E-state index in [9.17, 15) is 4.21 Å². The molecule has 1 atom stereocenters. The maximum atomic E-state index is 10.5. The summed E-state index contributed by atoms with van der Waals surface area (Å²) in [6.07, 6.45) is 7.64. The third-order valence-corrected chi connectivity index (χ3v) is 1.88. The third kappa shape index (κ3) is 7.67. The summed E-state index contributed by atoms with van der Waals surface area (Å²) in [6, 6.07) is 0. The Balaban J connectivity index is 2.92. The van der Waals surface area contributed by atoms with Crippen LogP contribution in [-0.2, 0) is 10.8 Å². The average Bonchev–Trinajstić information content (AvgIpc) is 1.87. The zero-order valence-corrected chi connectivity index (χ0v) is 7.04. The first-order valence-electron chi connectivity index (χ1n) is 3.21. The molecule has 0 heterocycles. The fourth-order valence-electron chi connectivity index (χ4n) is 0.561. The largest absolute Gasteiger partial charge is 0.306 e. The Bertz CT molecular complexity index is 139. The topological polar surface area (TPSA) is 29.1 Å². The number of rotatable bonds is 5. The van der Waals surface area contributed by atoms with Crippen LogP contribution >= 0.6 is 0 Å². The van der Waals surface area contributed by atoms with Crippen LogP contribution in [-0.4, -0.2) is 29.3 Å². The van der Waals surface area contributed by atoms with Gasteiger partial charge in [-0.1, -0.05) is 5.92 Å². The van der Waals surface area contributed by atoms with Gasteiger partial charge < -0.3 is 5.32 Å². The van der Waals surface area contributed by atoms with Gasteiger partial charge in [0.2, 0.25) is 0 Å². The lowest BCUT2D eigenvalue weighted by Gasteiger charge is -1.97. The van der Waals surface area contributed by atoms with Gasteiger partial charge in [0.25, 0.3) is 0 Å². The molecule has 0 radical (unpaired) electrons. The zero-order valence-electron chi connectivity index (χ0n) is 6.22. The molecular weight excluding hydrogens is 146 g/mol. The van der Waals surface area contributed by atoms with Gasteiger partial charge in [-0.2, -0.15) is 0 Å². The second-order valence-corrected chi connectivity index (χ2v) is 3.57. The molecule has 0 aromatic rings. The van der Waals surface area contributed by atoms with Crippen molar-refractivity contribution in [3.63, 3.8) is 0 Å². The molecule has 58 valence electrons. The van der Waals surface area contributed by atoms with Crippen LogP contribution in [0.3, 0.4) is 0 Å². The molecule has 0 saturated carbocycles. The number of terminal acetylenes is 1. The van der Waals surface area contributed by atoms with Crippen LogP contribution in [0.2, 0.25) is 0 Å². The van der Waals surface area contributed by atoms with E-state index in [4.69, 9.17) is 6.42 Å². The molecule has 0 aliphatic heterocycles. The minimum atomic E-state index is -0.663. The Morgan fingerprint density at radius 1 is 1.70 bits per heavy atom. The van der Waals surface area contributed by atoms with Crippen molar-refractivity contribution in [2.45, 2.75) is 6.42 Å². The normalized spacial score (nSPS) is 12.4.